The van der Waals surface area contributed by atoms with Crippen LogP contribution in [-0.4, -0.2) is 49.5 Å². The van der Waals surface area contributed by atoms with E-state index in [1.807, 2.05) is 32.2 Å². The first-order valence-electron chi connectivity index (χ1n) is 11.0. The number of fused-ring (bicyclic) bond motifs is 1. The van der Waals surface area contributed by atoms with Gasteiger partial charge in [0, 0.05) is 43.0 Å². The fraction of sp³-hybridized carbons (Fsp3) is 0.435. The zero-order valence-electron chi connectivity index (χ0n) is 18.6. The molecular formula is C23H29N7O2. The molecule has 0 radical (unpaired) electrons. The molecule has 1 aliphatic rings. The summed E-state index contributed by atoms with van der Waals surface area (Å²) >= 11 is 0. The Morgan fingerprint density at radius 2 is 1.72 bits per heavy atom. The zero-order chi connectivity index (χ0) is 22.7. The van der Waals surface area contributed by atoms with Gasteiger partial charge in [0.2, 0.25) is 5.91 Å². The van der Waals surface area contributed by atoms with Crippen LogP contribution in [0.3, 0.4) is 0 Å². The fourth-order valence-corrected chi connectivity index (χ4v) is 4.13. The summed E-state index contributed by atoms with van der Waals surface area (Å²) < 4.78 is 1.69. The molecule has 2 amide bonds. The van der Waals surface area contributed by atoms with Crippen LogP contribution in [0.1, 0.15) is 56.8 Å². The van der Waals surface area contributed by atoms with Gasteiger partial charge in [0.25, 0.3) is 5.91 Å². The van der Waals surface area contributed by atoms with E-state index in [1.165, 1.54) is 6.92 Å². The van der Waals surface area contributed by atoms with Crippen LogP contribution in [-0.2, 0) is 4.79 Å². The van der Waals surface area contributed by atoms with Gasteiger partial charge in [-0.15, -0.1) is 0 Å². The predicted molar refractivity (Wildman–Crippen MR) is 122 cm³/mol. The van der Waals surface area contributed by atoms with E-state index in [-0.39, 0.29) is 29.9 Å². The van der Waals surface area contributed by atoms with E-state index in [1.54, 1.807) is 23.1 Å². The van der Waals surface area contributed by atoms with Crippen molar-refractivity contribution in [3.05, 3.63) is 42.5 Å². The smallest absolute Gasteiger partial charge is 0.255 e. The maximum atomic E-state index is 13.2. The molecule has 3 aromatic heterocycles. The number of hydrogen-bond donors (Lipinski definition) is 3. The lowest BCUT2D eigenvalue weighted by molar-refractivity contribution is -0.119. The van der Waals surface area contributed by atoms with E-state index in [2.05, 4.69) is 26.0 Å². The molecule has 9 nitrogen and oxygen atoms in total. The quantitative estimate of drug-likeness (QED) is 0.549. The summed E-state index contributed by atoms with van der Waals surface area (Å²) in [4.78, 5) is 33.3. The molecule has 1 aliphatic carbocycles. The van der Waals surface area contributed by atoms with Crippen LogP contribution in [0.4, 0.5) is 5.69 Å². The Hall–Kier alpha value is -3.49. The lowest BCUT2D eigenvalue weighted by Crippen LogP contribution is -2.43. The molecule has 0 aliphatic heterocycles. The van der Waals surface area contributed by atoms with E-state index in [4.69, 9.17) is 4.98 Å². The van der Waals surface area contributed by atoms with Crippen LogP contribution < -0.4 is 16.0 Å². The summed E-state index contributed by atoms with van der Waals surface area (Å²) in [6.07, 6.45) is 10.3. The van der Waals surface area contributed by atoms with Gasteiger partial charge in [-0.05, 0) is 51.7 Å². The summed E-state index contributed by atoms with van der Waals surface area (Å²) in [5.74, 6) is -0.174. The molecule has 0 unspecified atom stereocenters. The molecule has 3 aromatic rings. The highest BCUT2D eigenvalue weighted by atomic mass is 16.2. The first-order chi connectivity index (χ1) is 15.4. The fourth-order valence-electron chi connectivity index (χ4n) is 4.13. The number of carbonyl (C=O) groups is 2. The van der Waals surface area contributed by atoms with Gasteiger partial charge in [0.15, 0.2) is 5.65 Å². The SMILES string of the molecule is CC(=O)N[C@H]1CC[C@H](NC(=O)c2cnn3cc(-c4ccncc4)nc3c2NC(C)C)CC1. The Morgan fingerprint density at radius 1 is 1.06 bits per heavy atom. The Labute approximate surface area is 187 Å². The molecule has 0 aromatic carbocycles. The molecule has 0 atom stereocenters. The van der Waals surface area contributed by atoms with Crippen LogP contribution in [0.5, 0.6) is 0 Å². The molecule has 168 valence electrons. The summed E-state index contributed by atoms with van der Waals surface area (Å²) in [6, 6.07) is 4.16. The third-order valence-corrected chi connectivity index (χ3v) is 5.62. The van der Waals surface area contributed by atoms with E-state index in [0.29, 0.717) is 16.9 Å². The highest BCUT2D eigenvalue weighted by Crippen LogP contribution is 2.26. The van der Waals surface area contributed by atoms with E-state index in [9.17, 15) is 9.59 Å². The zero-order valence-corrected chi connectivity index (χ0v) is 18.6. The van der Waals surface area contributed by atoms with Crippen molar-refractivity contribution in [2.75, 3.05) is 5.32 Å². The lowest BCUT2D eigenvalue weighted by atomic mass is 9.91. The van der Waals surface area contributed by atoms with Gasteiger partial charge in [-0.25, -0.2) is 9.50 Å². The van der Waals surface area contributed by atoms with Gasteiger partial charge in [0.1, 0.15) is 0 Å². The minimum atomic E-state index is -0.167. The van der Waals surface area contributed by atoms with Crippen molar-refractivity contribution in [1.29, 1.82) is 0 Å². The summed E-state index contributed by atoms with van der Waals surface area (Å²) in [5, 5.41) is 13.9. The third-order valence-electron chi connectivity index (χ3n) is 5.62. The van der Waals surface area contributed by atoms with Gasteiger partial charge >= 0.3 is 0 Å². The van der Waals surface area contributed by atoms with Gasteiger partial charge < -0.3 is 16.0 Å². The van der Waals surface area contributed by atoms with Gasteiger partial charge in [-0.1, -0.05) is 0 Å². The second-order valence-corrected chi connectivity index (χ2v) is 8.59. The number of amides is 2. The number of carbonyl (C=O) groups excluding carboxylic acids is 2. The van der Waals surface area contributed by atoms with Gasteiger partial charge in [-0.2, -0.15) is 5.10 Å². The van der Waals surface area contributed by atoms with Crippen LogP contribution in [0.2, 0.25) is 0 Å². The van der Waals surface area contributed by atoms with Crippen molar-refractivity contribution in [1.82, 2.24) is 30.2 Å². The van der Waals surface area contributed by atoms with Crippen molar-refractivity contribution in [3.63, 3.8) is 0 Å². The van der Waals surface area contributed by atoms with Crippen molar-refractivity contribution in [3.8, 4) is 11.3 Å². The van der Waals surface area contributed by atoms with E-state index in [0.717, 1.165) is 36.9 Å². The number of imidazole rings is 1. The number of nitrogens with zero attached hydrogens (tertiary/aromatic N) is 4. The second kappa shape index (κ2) is 9.33. The normalized spacial score (nSPS) is 18.5. The van der Waals surface area contributed by atoms with E-state index >= 15 is 0 Å². The number of anilines is 1. The van der Waals surface area contributed by atoms with Gasteiger partial charge in [-0.3, -0.25) is 14.6 Å². The molecule has 9 heteroatoms. The highest BCUT2D eigenvalue weighted by molar-refractivity contribution is 6.02. The molecule has 1 fully saturated rings. The summed E-state index contributed by atoms with van der Waals surface area (Å²) in [5.41, 5.74) is 3.44. The molecule has 0 saturated heterocycles. The number of rotatable bonds is 6. The molecule has 32 heavy (non-hydrogen) atoms. The number of nitrogens with one attached hydrogen (secondary N) is 3. The molecule has 0 bridgehead atoms. The predicted octanol–water partition coefficient (Wildman–Crippen LogP) is 2.79. The summed E-state index contributed by atoms with van der Waals surface area (Å²) in [6.45, 7) is 5.58. The van der Waals surface area contributed by atoms with Crippen molar-refractivity contribution in [2.45, 2.75) is 64.6 Å². The third kappa shape index (κ3) is 4.87. The molecule has 0 spiro atoms. The van der Waals surface area contributed by atoms with Gasteiger partial charge in [0.05, 0.1) is 29.3 Å². The largest absolute Gasteiger partial charge is 0.379 e. The lowest BCUT2D eigenvalue weighted by Gasteiger charge is -2.29. The molecule has 4 rings (SSSR count). The maximum absolute atomic E-state index is 13.2. The molecule has 3 N–H and O–H groups in total. The monoisotopic (exact) mass is 435 g/mol. The average molecular weight is 436 g/mol. The van der Waals surface area contributed by atoms with Crippen LogP contribution in [0.15, 0.2) is 36.9 Å². The molecule has 3 heterocycles. The van der Waals surface area contributed by atoms with Crippen LogP contribution in [0, 0.1) is 0 Å². The minimum Gasteiger partial charge on any atom is -0.379 e. The average Bonchev–Trinajstić information content (AvgIpc) is 3.20. The number of hydrogen-bond acceptors (Lipinski definition) is 6. The van der Waals surface area contributed by atoms with Crippen molar-refractivity contribution >= 4 is 23.1 Å². The topological polar surface area (TPSA) is 113 Å². The molecule has 1 saturated carbocycles. The highest BCUT2D eigenvalue weighted by Gasteiger charge is 2.25. The minimum absolute atomic E-state index is 0.00732. The standard InChI is InChI=1S/C23H29N7O2/c1-14(2)26-21-19(23(32)28-18-6-4-17(5-7-18)27-15(3)31)12-25-30-13-20(29-22(21)30)16-8-10-24-11-9-16/h8-14,17-18,26H,4-7H2,1-3H3,(H,27,31)(H,28,32)/t17-,18-. The maximum Gasteiger partial charge on any atom is 0.255 e. The summed E-state index contributed by atoms with van der Waals surface area (Å²) in [7, 11) is 0. The number of pyridine rings is 1. The van der Waals surface area contributed by atoms with Crippen LogP contribution >= 0.6 is 0 Å². The Balaban J connectivity index is 1.57. The van der Waals surface area contributed by atoms with Crippen molar-refractivity contribution in [2.24, 2.45) is 0 Å². The second-order valence-electron chi connectivity index (χ2n) is 8.59. The first kappa shape index (κ1) is 21.7. The molecular weight excluding hydrogens is 406 g/mol. The Morgan fingerprint density at radius 3 is 2.34 bits per heavy atom. The number of aromatic nitrogens is 4. The van der Waals surface area contributed by atoms with E-state index < -0.39 is 0 Å². The van der Waals surface area contributed by atoms with Crippen molar-refractivity contribution < 1.29 is 9.59 Å². The first-order valence-corrected chi connectivity index (χ1v) is 11.0. The van der Waals surface area contributed by atoms with Crippen LogP contribution in [0.25, 0.3) is 16.9 Å². The Bertz CT molecular complexity index is 1100. The Kier molecular flexibility index (Phi) is 6.34.